The normalized spacial score (nSPS) is 10.8. The third kappa shape index (κ3) is 7.30. The number of hydrazone groups is 1. The molecule has 2 N–H and O–H groups in total. The highest BCUT2D eigenvalue weighted by Gasteiger charge is 2.11. The number of nitrogens with one attached hydrogen (secondary N) is 2. The molecule has 6 nitrogen and oxygen atoms in total. The Balaban J connectivity index is 1.66. The molecule has 0 aliphatic heterocycles. The van der Waals surface area contributed by atoms with Gasteiger partial charge in [-0.15, -0.1) is 0 Å². The summed E-state index contributed by atoms with van der Waals surface area (Å²) in [4.78, 5) is 12.1. The van der Waals surface area contributed by atoms with Gasteiger partial charge in [-0.2, -0.15) is 5.10 Å². The second-order valence-corrected chi connectivity index (χ2v) is 8.67. The van der Waals surface area contributed by atoms with E-state index in [2.05, 4.69) is 47.7 Å². The predicted molar refractivity (Wildman–Crippen MR) is 135 cm³/mol. The summed E-state index contributed by atoms with van der Waals surface area (Å²) in [6, 6.07) is 14.7. The van der Waals surface area contributed by atoms with Crippen LogP contribution in [0.2, 0.25) is 0 Å². The molecule has 0 spiro atoms. The molecule has 0 heterocycles. The Labute approximate surface area is 208 Å². The maximum Gasteiger partial charge on any atom is 0.339 e. The van der Waals surface area contributed by atoms with Crippen LogP contribution in [0.15, 0.2) is 68.6 Å². The Bertz CT molecular complexity index is 1170. The number of nitrogens with zero attached hydrogens (tertiary/aromatic N) is 1. The predicted octanol–water partition coefficient (Wildman–Crippen LogP) is 6.79. The van der Waals surface area contributed by atoms with Crippen molar-refractivity contribution >= 4 is 49.8 Å². The van der Waals surface area contributed by atoms with Gasteiger partial charge in [0.05, 0.1) is 12.8 Å². The van der Waals surface area contributed by atoms with Crippen molar-refractivity contribution in [3.8, 4) is 11.5 Å². The van der Waals surface area contributed by atoms with Gasteiger partial charge in [-0.1, -0.05) is 28.1 Å². The molecular weight excluding hydrogens is 557 g/mol. The smallest absolute Gasteiger partial charge is 0.339 e. The molecule has 0 saturated heterocycles. The van der Waals surface area contributed by atoms with E-state index in [4.69, 9.17) is 9.47 Å². The molecule has 0 radical (unpaired) electrons. The number of hydrogen-bond acceptors (Lipinski definition) is 4. The second-order valence-electron chi connectivity index (χ2n) is 6.96. The SMILES string of the molecule is CCOc1cc(/C=N/NC(=O)Nc2ccc(Br)c(C)c2)c(Br)cc1OCc1cccc(F)c1. The van der Waals surface area contributed by atoms with Crippen LogP contribution in [0.3, 0.4) is 0 Å². The number of carbonyl (C=O) groups is 1. The van der Waals surface area contributed by atoms with E-state index in [1.54, 1.807) is 30.3 Å². The number of aryl methyl sites for hydroxylation is 1. The quantitative estimate of drug-likeness (QED) is 0.228. The first-order valence-corrected chi connectivity index (χ1v) is 11.6. The van der Waals surface area contributed by atoms with Crippen molar-refractivity contribution in [2.75, 3.05) is 11.9 Å². The topological polar surface area (TPSA) is 72.0 Å². The molecule has 33 heavy (non-hydrogen) atoms. The van der Waals surface area contributed by atoms with Gasteiger partial charge in [0, 0.05) is 20.2 Å². The van der Waals surface area contributed by atoms with Gasteiger partial charge in [-0.05, 0) is 83.4 Å². The van der Waals surface area contributed by atoms with Crippen LogP contribution in [0.4, 0.5) is 14.9 Å². The number of benzene rings is 3. The van der Waals surface area contributed by atoms with Crippen molar-refractivity contribution in [1.82, 2.24) is 5.43 Å². The lowest BCUT2D eigenvalue weighted by Gasteiger charge is -2.14. The molecule has 0 fully saturated rings. The van der Waals surface area contributed by atoms with E-state index < -0.39 is 6.03 Å². The molecule has 0 bridgehead atoms. The Kier molecular flexibility index (Phi) is 8.85. The zero-order valence-electron chi connectivity index (χ0n) is 18.0. The highest BCUT2D eigenvalue weighted by molar-refractivity contribution is 9.10. The number of rotatable bonds is 8. The Hall–Kier alpha value is -2.91. The van der Waals surface area contributed by atoms with Crippen molar-refractivity contribution in [1.29, 1.82) is 0 Å². The first kappa shape index (κ1) is 24.7. The van der Waals surface area contributed by atoms with E-state index in [-0.39, 0.29) is 12.4 Å². The number of urea groups is 1. The molecule has 0 aliphatic carbocycles. The summed E-state index contributed by atoms with van der Waals surface area (Å²) in [5.74, 6) is 0.690. The van der Waals surface area contributed by atoms with Gasteiger partial charge in [-0.3, -0.25) is 0 Å². The van der Waals surface area contributed by atoms with Crippen molar-refractivity contribution in [3.63, 3.8) is 0 Å². The number of hydrogen-bond donors (Lipinski definition) is 2. The molecule has 0 unspecified atom stereocenters. The molecule has 3 rings (SSSR count). The monoisotopic (exact) mass is 577 g/mol. The van der Waals surface area contributed by atoms with Crippen LogP contribution in [0, 0.1) is 12.7 Å². The fourth-order valence-electron chi connectivity index (χ4n) is 2.86. The Morgan fingerprint density at radius 3 is 2.58 bits per heavy atom. The minimum atomic E-state index is -0.468. The third-order valence-electron chi connectivity index (χ3n) is 4.43. The lowest BCUT2D eigenvalue weighted by Crippen LogP contribution is -2.24. The molecule has 0 atom stereocenters. The van der Waals surface area contributed by atoms with E-state index in [0.717, 1.165) is 10.0 Å². The van der Waals surface area contributed by atoms with E-state index in [0.29, 0.717) is 39.4 Å². The summed E-state index contributed by atoms with van der Waals surface area (Å²) in [5, 5.41) is 6.73. The Morgan fingerprint density at radius 2 is 1.85 bits per heavy atom. The van der Waals surface area contributed by atoms with Crippen molar-refractivity contribution in [3.05, 3.63) is 86.1 Å². The zero-order chi connectivity index (χ0) is 23.8. The van der Waals surface area contributed by atoms with Crippen LogP contribution in [-0.2, 0) is 6.61 Å². The van der Waals surface area contributed by atoms with Gasteiger partial charge < -0.3 is 14.8 Å². The first-order valence-electron chi connectivity index (χ1n) is 10.1. The van der Waals surface area contributed by atoms with E-state index >= 15 is 0 Å². The summed E-state index contributed by atoms with van der Waals surface area (Å²) in [7, 11) is 0. The van der Waals surface area contributed by atoms with Crippen LogP contribution in [-0.4, -0.2) is 18.9 Å². The molecule has 9 heteroatoms. The van der Waals surface area contributed by atoms with Gasteiger partial charge in [0.25, 0.3) is 0 Å². The van der Waals surface area contributed by atoms with Crippen LogP contribution < -0.4 is 20.2 Å². The third-order valence-corrected chi connectivity index (χ3v) is 6.01. The summed E-state index contributed by atoms with van der Waals surface area (Å²) >= 11 is 6.91. The zero-order valence-corrected chi connectivity index (χ0v) is 21.2. The molecule has 3 aromatic carbocycles. The van der Waals surface area contributed by atoms with Gasteiger partial charge >= 0.3 is 6.03 Å². The standard InChI is InChI=1S/C24H22Br2FN3O3/c1-3-32-22-11-17(13-28-30-24(31)29-19-7-8-20(25)15(2)9-19)21(26)12-23(22)33-14-16-5-4-6-18(27)10-16/h4-13H,3,14H2,1-2H3,(H2,29,30,31)/b28-13+. The molecule has 0 aliphatic rings. The lowest BCUT2D eigenvalue weighted by molar-refractivity contribution is 0.252. The minimum Gasteiger partial charge on any atom is -0.490 e. The Morgan fingerprint density at radius 1 is 1.06 bits per heavy atom. The summed E-state index contributed by atoms with van der Waals surface area (Å²) in [5.41, 5.74) is 5.48. The number of amides is 2. The maximum atomic E-state index is 13.4. The molecule has 0 aromatic heterocycles. The highest BCUT2D eigenvalue weighted by atomic mass is 79.9. The van der Waals surface area contributed by atoms with Gasteiger partial charge in [-0.25, -0.2) is 14.6 Å². The molecular formula is C24H22Br2FN3O3. The van der Waals surface area contributed by atoms with Crippen LogP contribution >= 0.6 is 31.9 Å². The number of carbonyl (C=O) groups excluding carboxylic acids is 1. The lowest BCUT2D eigenvalue weighted by atomic mass is 10.2. The molecule has 2 amide bonds. The summed E-state index contributed by atoms with van der Waals surface area (Å²) in [6.07, 6.45) is 1.50. The van der Waals surface area contributed by atoms with E-state index in [1.807, 2.05) is 26.0 Å². The van der Waals surface area contributed by atoms with Crippen molar-refractivity contribution in [2.24, 2.45) is 5.10 Å². The van der Waals surface area contributed by atoms with Crippen LogP contribution in [0.5, 0.6) is 11.5 Å². The maximum absolute atomic E-state index is 13.4. The van der Waals surface area contributed by atoms with E-state index in [9.17, 15) is 9.18 Å². The van der Waals surface area contributed by atoms with Crippen molar-refractivity contribution in [2.45, 2.75) is 20.5 Å². The van der Waals surface area contributed by atoms with Crippen molar-refractivity contribution < 1.29 is 18.7 Å². The minimum absolute atomic E-state index is 0.189. The van der Waals surface area contributed by atoms with Gasteiger partial charge in [0.2, 0.25) is 0 Å². The van der Waals surface area contributed by atoms with Gasteiger partial charge in [0.1, 0.15) is 12.4 Å². The molecule has 3 aromatic rings. The molecule has 172 valence electrons. The van der Waals surface area contributed by atoms with Gasteiger partial charge in [0.15, 0.2) is 11.5 Å². The number of anilines is 1. The molecule has 0 saturated carbocycles. The second kappa shape index (κ2) is 11.8. The highest BCUT2D eigenvalue weighted by Crippen LogP contribution is 2.34. The summed E-state index contributed by atoms with van der Waals surface area (Å²) in [6.45, 7) is 4.42. The van der Waals surface area contributed by atoms with Crippen LogP contribution in [0.25, 0.3) is 0 Å². The van der Waals surface area contributed by atoms with E-state index in [1.165, 1.54) is 18.3 Å². The summed E-state index contributed by atoms with van der Waals surface area (Å²) < 4.78 is 26.6. The van der Waals surface area contributed by atoms with Crippen LogP contribution in [0.1, 0.15) is 23.6 Å². The average Bonchev–Trinajstić information content (AvgIpc) is 2.77. The fraction of sp³-hybridized carbons (Fsp3) is 0.167. The first-order chi connectivity index (χ1) is 15.9. The number of halogens is 3. The number of ether oxygens (including phenoxy) is 2. The average molecular weight is 579 g/mol. The fourth-order valence-corrected chi connectivity index (χ4v) is 3.53. The largest absolute Gasteiger partial charge is 0.490 e.